The predicted molar refractivity (Wildman–Crippen MR) is 140 cm³/mol. The normalized spacial score (nSPS) is 18.6. The van der Waals surface area contributed by atoms with Crippen molar-refractivity contribution in [3.05, 3.63) is 77.4 Å². The molecule has 1 aliphatic heterocycles. The molecule has 3 aromatic carbocycles. The van der Waals surface area contributed by atoms with E-state index in [0.717, 1.165) is 23.2 Å². The Bertz CT molecular complexity index is 1210. The molecule has 0 aromatic heterocycles. The minimum absolute atomic E-state index is 0. The number of amides is 2. The molecule has 5 rings (SSSR count). The number of para-hydroxylation sites is 1. The van der Waals surface area contributed by atoms with Gasteiger partial charge in [0, 0.05) is 5.69 Å². The van der Waals surface area contributed by atoms with Crippen LogP contribution >= 0.6 is 12.4 Å². The van der Waals surface area contributed by atoms with E-state index in [1.165, 1.54) is 29.2 Å². The van der Waals surface area contributed by atoms with Crippen molar-refractivity contribution in [1.82, 2.24) is 10.6 Å². The molecule has 2 atom stereocenters. The molecular weight excluding hydrogens is 446 g/mol. The monoisotopic (exact) mass is 477 g/mol. The molecule has 1 fully saturated rings. The zero-order valence-corrected chi connectivity index (χ0v) is 20.5. The van der Waals surface area contributed by atoms with Crippen molar-refractivity contribution in [1.29, 1.82) is 0 Å². The Morgan fingerprint density at radius 2 is 1.74 bits per heavy atom. The average Bonchev–Trinajstić information content (AvgIpc) is 3.69. The standard InChI is InChI=1S/C28H31N3O2.ClH/c1-18(29-2)27(32)30-25-16-15-20-7-3-4-12-26(20)31(28(25)33)17-21-8-5-11-24-22(19-13-14-19)9-6-10-23(21)24;/h3-12,18-19,25,29H,13-17H2,1-2H3,(H,30,32);1H/t18-,25-;/m0./s1. The van der Waals surface area contributed by atoms with E-state index >= 15 is 0 Å². The Hall–Kier alpha value is -2.89. The highest BCUT2D eigenvalue weighted by Gasteiger charge is 2.32. The Labute approximate surface area is 207 Å². The summed E-state index contributed by atoms with van der Waals surface area (Å²) in [5, 5.41) is 8.44. The van der Waals surface area contributed by atoms with Crippen LogP contribution in [0.3, 0.4) is 0 Å². The molecule has 1 saturated carbocycles. The molecule has 1 aliphatic carbocycles. The molecule has 2 aliphatic rings. The number of likely N-dealkylation sites (N-methyl/N-ethyl adjacent to an activating group) is 1. The lowest BCUT2D eigenvalue weighted by molar-refractivity contribution is -0.128. The summed E-state index contributed by atoms with van der Waals surface area (Å²) < 4.78 is 0. The predicted octanol–water partition coefficient (Wildman–Crippen LogP) is 4.71. The number of hydrogen-bond donors (Lipinski definition) is 2. The number of halogens is 1. The van der Waals surface area contributed by atoms with Crippen LogP contribution in [0.5, 0.6) is 0 Å². The SMILES string of the molecule is CN[C@@H](C)C(=O)N[C@H]1CCc2ccccc2N(Cc2cccc3c(C4CC4)cccc23)C1=O.Cl. The smallest absolute Gasteiger partial charge is 0.249 e. The Kier molecular flexibility index (Phi) is 7.24. The molecule has 178 valence electrons. The second-order valence-corrected chi connectivity index (χ2v) is 9.30. The molecule has 0 bridgehead atoms. The third-order valence-electron chi connectivity index (χ3n) is 7.08. The molecule has 0 radical (unpaired) electrons. The van der Waals surface area contributed by atoms with Crippen LogP contribution in [0, 0.1) is 0 Å². The quantitative estimate of drug-likeness (QED) is 0.540. The van der Waals surface area contributed by atoms with Crippen molar-refractivity contribution >= 4 is 40.7 Å². The van der Waals surface area contributed by atoms with Gasteiger partial charge in [0.25, 0.3) is 0 Å². The molecule has 0 saturated heterocycles. The molecule has 5 nitrogen and oxygen atoms in total. The molecule has 2 N–H and O–H groups in total. The number of fused-ring (bicyclic) bond motifs is 2. The van der Waals surface area contributed by atoms with E-state index in [2.05, 4.69) is 53.1 Å². The highest BCUT2D eigenvalue weighted by Crippen LogP contribution is 2.43. The Balaban J connectivity index is 0.00000274. The first-order valence-electron chi connectivity index (χ1n) is 11.9. The van der Waals surface area contributed by atoms with E-state index in [1.807, 2.05) is 23.1 Å². The second kappa shape index (κ2) is 10.2. The van der Waals surface area contributed by atoms with E-state index in [-0.39, 0.29) is 30.3 Å². The van der Waals surface area contributed by atoms with E-state index in [9.17, 15) is 9.59 Å². The maximum Gasteiger partial charge on any atom is 0.249 e. The third-order valence-corrected chi connectivity index (χ3v) is 7.08. The van der Waals surface area contributed by atoms with Crippen LogP contribution in [0.4, 0.5) is 5.69 Å². The largest absolute Gasteiger partial charge is 0.343 e. The topological polar surface area (TPSA) is 61.4 Å². The zero-order chi connectivity index (χ0) is 22.9. The number of benzene rings is 3. The van der Waals surface area contributed by atoms with Gasteiger partial charge < -0.3 is 15.5 Å². The first kappa shape index (κ1) is 24.2. The van der Waals surface area contributed by atoms with Crippen LogP contribution in [-0.4, -0.2) is 30.9 Å². The summed E-state index contributed by atoms with van der Waals surface area (Å²) in [5.74, 6) is 0.464. The van der Waals surface area contributed by atoms with Crippen LogP contribution in [-0.2, 0) is 22.6 Å². The second-order valence-electron chi connectivity index (χ2n) is 9.30. The fourth-order valence-corrected chi connectivity index (χ4v) is 4.90. The fraction of sp³-hybridized carbons (Fsp3) is 0.357. The lowest BCUT2D eigenvalue weighted by Gasteiger charge is -2.27. The minimum Gasteiger partial charge on any atom is -0.343 e. The summed E-state index contributed by atoms with van der Waals surface area (Å²) >= 11 is 0. The number of rotatable bonds is 6. The van der Waals surface area contributed by atoms with Crippen molar-refractivity contribution in [2.75, 3.05) is 11.9 Å². The summed E-state index contributed by atoms with van der Waals surface area (Å²) in [4.78, 5) is 28.2. The zero-order valence-electron chi connectivity index (χ0n) is 19.7. The fourth-order valence-electron chi connectivity index (χ4n) is 4.90. The van der Waals surface area contributed by atoms with Crippen molar-refractivity contribution < 1.29 is 9.59 Å². The van der Waals surface area contributed by atoms with Gasteiger partial charge in [-0.15, -0.1) is 12.4 Å². The van der Waals surface area contributed by atoms with Crippen molar-refractivity contribution in [2.45, 2.75) is 57.2 Å². The molecule has 0 spiro atoms. The van der Waals surface area contributed by atoms with Crippen molar-refractivity contribution in [3.63, 3.8) is 0 Å². The Morgan fingerprint density at radius 1 is 1.00 bits per heavy atom. The van der Waals surface area contributed by atoms with Gasteiger partial charge in [0.1, 0.15) is 6.04 Å². The maximum atomic E-state index is 13.8. The number of hydrogen-bond acceptors (Lipinski definition) is 3. The molecule has 2 amide bonds. The van der Waals surface area contributed by atoms with Gasteiger partial charge >= 0.3 is 0 Å². The first-order valence-corrected chi connectivity index (χ1v) is 11.9. The van der Waals surface area contributed by atoms with Gasteiger partial charge in [-0.1, -0.05) is 54.6 Å². The highest BCUT2D eigenvalue weighted by atomic mass is 35.5. The van der Waals surface area contributed by atoms with Gasteiger partial charge in [-0.05, 0) is 79.1 Å². The molecular formula is C28H32ClN3O2. The van der Waals surface area contributed by atoms with E-state index in [4.69, 9.17) is 0 Å². The molecule has 3 aromatic rings. The molecule has 0 unspecified atom stereocenters. The van der Waals surface area contributed by atoms with Crippen molar-refractivity contribution in [2.24, 2.45) is 0 Å². The highest BCUT2D eigenvalue weighted by molar-refractivity contribution is 6.01. The first-order chi connectivity index (χ1) is 16.1. The lowest BCUT2D eigenvalue weighted by atomic mass is 9.97. The summed E-state index contributed by atoms with van der Waals surface area (Å²) in [6, 6.07) is 20.2. The van der Waals surface area contributed by atoms with Crippen LogP contribution < -0.4 is 15.5 Å². The van der Waals surface area contributed by atoms with Gasteiger partial charge in [-0.2, -0.15) is 0 Å². The number of nitrogens with one attached hydrogen (secondary N) is 2. The maximum absolute atomic E-state index is 13.8. The Morgan fingerprint density at radius 3 is 2.50 bits per heavy atom. The minimum atomic E-state index is -0.544. The van der Waals surface area contributed by atoms with E-state index in [1.54, 1.807) is 14.0 Å². The molecule has 1 heterocycles. The summed E-state index contributed by atoms with van der Waals surface area (Å²) in [5.41, 5.74) is 4.64. The summed E-state index contributed by atoms with van der Waals surface area (Å²) in [6.07, 6.45) is 3.86. The number of anilines is 1. The van der Waals surface area contributed by atoms with Crippen molar-refractivity contribution in [3.8, 4) is 0 Å². The van der Waals surface area contributed by atoms with Crippen LogP contribution in [0.2, 0.25) is 0 Å². The number of carbonyl (C=O) groups is 2. The third kappa shape index (κ3) is 4.68. The number of carbonyl (C=O) groups excluding carboxylic acids is 2. The summed E-state index contributed by atoms with van der Waals surface area (Å²) in [7, 11) is 1.75. The molecule has 6 heteroatoms. The van der Waals surface area contributed by atoms with Gasteiger partial charge in [0.05, 0.1) is 12.6 Å². The van der Waals surface area contributed by atoms with Gasteiger partial charge in [0.15, 0.2) is 0 Å². The van der Waals surface area contributed by atoms with Crippen LogP contribution in [0.15, 0.2) is 60.7 Å². The number of aryl methyl sites for hydroxylation is 1. The number of nitrogens with zero attached hydrogens (tertiary/aromatic N) is 1. The lowest BCUT2D eigenvalue weighted by Crippen LogP contribution is -2.52. The van der Waals surface area contributed by atoms with Crippen LogP contribution in [0.25, 0.3) is 10.8 Å². The van der Waals surface area contributed by atoms with Gasteiger partial charge in [-0.3, -0.25) is 9.59 Å². The summed E-state index contributed by atoms with van der Waals surface area (Å²) in [6.45, 7) is 2.28. The molecule has 34 heavy (non-hydrogen) atoms. The average molecular weight is 478 g/mol. The van der Waals surface area contributed by atoms with E-state index in [0.29, 0.717) is 18.9 Å². The van der Waals surface area contributed by atoms with Crippen LogP contribution in [0.1, 0.15) is 48.8 Å². The van der Waals surface area contributed by atoms with Gasteiger partial charge in [0.2, 0.25) is 11.8 Å². The van der Waals surface area contributed by atoms with Gasteiger partial charge in [-0.25, -0.2) is 0 Å². The van der Waals surface area contributed by atoms with E-state index < -0.39 is 6.04 Å².